The van der Waals surface area contributed by atoms with E-state index < -0.39 is 0 Å². The van der Waals surface area contributed by atoms with Crippen LogP contribution in [-0.4, -0.2) is 49.3 Å². The lowest BCUT2D eigenvalue weighted by Crippen LogP contribution is -2.06. The van der Waals surface area contributed by atoms with Crippen molar-refractivity contribution in [3.05, 3.63) is 0 Å². The first-order valence-electron chi connectivity index (χ1n) is 2.86. The second kappa shape index (κ2) is 23.8. The quantitative estimate of drug-likeness (QED) is 0.488. The first kappa shape index (κ1) is 16.2. The van der Waals surface area contributed by atoms with Crippen molar-refractivity contribution in [2.24, 2.45) is 0 Å². The van der Waals surface area contributed by atoms with Gasteiger partial charge in [0.25, 0.3) is 0 Å². The van der Waals surface area contributed by atoms with Crippen molar-refractivity contribution in [2.45, 2.75) is 6.92 Å². The number of aliphatic hydroxyl groups excluding tert-OH is 2. The topological polar surface area (TPSA) is 60.8 Å². The molecule has 4 nitrogen and oxygen atoms in total. The Bertz CT molecular complexity index is 48.3. The molecule has 0 unspecified atom stereocenters. The first-order chi connectivity index (χ1) is 4.68. The Hall–Kier alpha value is -0.610. The highest BCUT2D eigenvalue weighted by Crippen LogP contribution is 1.52. The standard InChI is InChI=1S/C3H7NO.C2H6O.CH4O/c1-4(2)3-5;1-2-3;1-2/h3H,1-2H3;3H,2H2,1H3;2H,1H3. The van der Waals surface area contributed by atoms with Gasteiger partial charge in [0, 0.05) is 27.8 Å². The molecule has 0 aromatic carbocycles. The molecule has 0 fully saturated rings. The maximum absolute atomic E-state index is 9.43. The normalized spacial score (nSPS) is 5.80. The van der Waals surface area contributed by atoms with Crippen molar-refractivity contribution in [3.8, 4) is 0 Å². The van der Waals surface area contributed by atoms with E-state index in [-0.39, 0.29) is 6.61 Å². The largest absolute Gasteiger partial charge is 0.400 e. The minimum Gasteiger partial charge on any atom is -0.400 e. The number of carbonyl (C=O) groups excluding carboxylic acids is 1. The summed E-state index contributed by atoms with van der Waals surface area (Å²) in [7, 11) is 4.38. The molecule has 4 heteroatoms. The summed E-state index contributed by atoms with van der Waals surface area (Å²) in [5.74, 6) is 0. The molecule has 0 aliphatic carbocycles. The van der Waals surface area contributed by atoms with Crippen molar-refractivity contribution in [1.82, 2.24) is 4.90 Å². The van der Waals surface area contributed by atoms with Crippen molar-refractivity contribution < 1.29 is 15.0 Å². The predicted molar refractivity (Wildman–Crippen MR) is 40.7 cm³/mol. The molecule has 0 atom stereocenters. The molecule has 0 rings (SSSR count). The molecule has 0 saturated heterocycles. The smallest absolute Gasteiger partial charge is 0.209 e. The van der Waals surface area contributed by atoms with Crippen molar-refractivity contribution in [2.75, 3.05) is 27.8 Å². The third-order valence-corrected chi connectivity index (χ3v) is 0.211. The minimum atomic E-state index is 0.250. The second-order valence-electron chi connectivity index (χ2n) is 1.39. The van der Waals surface area contributed by atoms with Crippen LogP contribution in [0.2, 0.25) is 0 Å². The van der Waals surface area contributed by atoms with Gasteiger partial charge >= 0.3 is 0 Å². The molecular formula is C6H17NO3. The number of hydrogen-bond acceptors (Lipinski definition) is 3. The molecular weight excluding hydrogens is 134 g/mol. The van der Waals surface area contributed by atoms with Crippen molar-refractivity contribution in [1.29, 1.82) is 0 Å². The Kier molecular flexibility index (Phi) is 38.5. The summed E-state index contributed by atoms with van der Waals surface area (Å²) in [4.78, 5) is 10.9. The molecule has 0 aliphatic heterocycles. The first-order valence-corrected chi connectivity index (χ1v) is 2.86. The number of hydrogen-bond donors (Lipinski definition) is 2. The molecule has 0 spiro atoms. The zero-order valence-corrected chi connectivity index (χ0v) is 7.03. The summed E-state index contributed by atoms with van der Waals surface area (Å²) in [6.45, 7) is 1.93. The van der Waals surface area contributed by atoms with Gasteiger partial charge in [-0.2, -0.15) is 0 Å². The molecule has 1 amide bonds. The van der Waals surface area contributed by atoms with Crippen LogP contribution in [-0.2, 0) is 4.79 Å². The number of nitrogens with zero attached hydrogens (tertiary/aromatic N) is 1. The summed E-state index contributed by atoms with van der Waals surface area (Å²) in [5, 5.41) is 14.6. The van der Waals surface area contributed by atoms with Gasteiger partial charge in [-0.15, -0.1) is 0 Å². The average Bonchev–Trinajstić information content (AvgIpc) is 1.94. The van der Waals surface area contributed by atoms with Gasteiger partial charge in [0.2, 0.25) is 6.41 Å². The SMILES string of the molecule is CCO.CN(C)C=O.CO. The average molecular weight is 151 g/mol. The summed E-state index contributed by atoms with van der Waals surface area (Å²) >= 11 is 0. The van der Waals surface area contributed by atoms with Crippen LogP contribution in [0.5, 0.6) is 0 Å². The molecule has 0 aliphatic rings. The van der Waals surface area contributed by atoms with Gasteiger partial charge in [0.15, 0.2) is 0 Å². The molecule has 0 bridgehead atoms. The number of aliphatic hydroxyl groups is 2. The lowest BCUT2D eigenvalue weighted by Gasteiger charge is -1.93. The molecule has 0 aromatic heterocycles. The second-order valence-corrected chi connectivity index (χ2v) is 1.39. The van der Waals surface area contributed by atoms with Crippen LogP contribution >= 0.6 is 0 Å². The van der Waals surface area contributed by atoms with E-state index in [4.69, 9.17) is 10.2 Å². The van der Waals surface area contributed by atoms with E-state index in [1.165, 1.54) is 4.90 Å². The third kappa shape index (κ3) is 156. The highest BCUT2D eigenvalue weighted by atomic mass is 16.2. The molecule has 2 N–H and O–H groups in total. The third-order valence-electron chi connectivity index (χ3n) is 0.211. The molecule has 0 radical (unpaired) electrons. The number of carbonyl (C=O) groups is 1. The van der Waals surface area contributed by atoms with Gasteiger partial charge in [-0.25, -0.2) is 0 Å². The minimum absolute atomic E-state index is 0.250. The fourth-order valence-electron chi connectivity index (χ4n) is 0. The van der Waals surface area contributed by atoms with Gasteiger partial charge < -0.3 is 15.1 Å². The Labute approximate surface area is 62.1 Å². The highest BCUT2D eigenvalue weighted by Gasteiger charge is 1.68. The van der Waals surface area contributed by atoms with Crippen LogP contribution in [0.3, 0.4) is 0 Å². The van der Waals surface area contributed by atoms with Crippen LogP contribution in [0.15, 0.2) is 0 Å². The van der Waals surface area contributed by atoms with E-state index in [0.29, 0.717) is 0 Å². The van der Waals surface area contributed by atoms with Gasteiger partial charge in [0.1, 0.15) is 0 Å². The Morgan fingerprint density at radius 2 is 1.50 bits per heavy atom. The maximum Gasteiger partial charge on any atom is 0.209 e. The van der Waals surface area contributed by atoms with E-state index in [0.717, 1.165) is 13.5 Å². The maximum atomic E-state index is 9.43. The molecule has 0 aromatic rings. The fourth-order valence-corrected chi connectivity index (χ4v) is 0. The summed E-state index contributed by atoms with van der Waals surface area (Å²) in [6.07, 6.45) is 0.750. The van der Waals surface area contributed by atoms with Crippen molar-refractivity contribution >= 4 is 6.41 Å². The van der Waals surface area contributed by atoms with Crippen LogP contribution in [0.25, 0.3) is 0 Å². The highest BCUT2D eigenvalue weighted by molar-refractivity contribution is 5.45. The van der Waals surface area contributed by atoms with E-state index in [2.05, 4.69) is 0 Å². The number of amides is 1. The Balaban J connectivity index is -0.0000000847. The van der Waals surface area contributed by atoms with Gasteiger partial charge in [-0.3, -0.25) is 4.79 Å². The summed E-state index contributed by atoms with van der Waals surface area (Å²) < 4.78 is 0. The Morgan fingerprint density at radius 1 is 1.40 bits per heavy atom. The zero-order chi connectivity index (χ0) is 8.99. The van der Waals surface area contributed by atoms with Crippen LogP contribution < -0.4 is 0 Å². The predicted octanol–water partition coefficient (Wildman–Crippen LogP) is -0.689. The van der Waals surface area contributed by atoms with Crippen molar-refractivity contribution in [3.63, 3.8) is 0 Å². The molecule has 64 valence electrons. The summed E-state index contributed by atoms with van der Waals surface area (Å²) in [6, 6.07) is 0. The van der Waals surface area contributed by atoms with E-state index in [9.17, 15) is 4.79 Å². The van der Waals surface area contributed by atoms with E-state index >= 15 is 0 Å². The van der Waals surface area contributed by atoms with Gasteiger partial charge in [-0.1, -0.05) is 0 Å². The Morgan fingerprint density at radius 3 is 1.50 bits per heavy atom. The van der Waals surface area contributed by atoms with Gasteiger partial charge in [0.05, 0.1) is 0 Å². The van der Waals surface area contributed by atoms with Crippen LogP contribution in [0.4, 0.5) is 0 Å². The zero-order valence-electron chi connectivity index (χ0n) is 7.03. The van der Waals surface area contributed by atoms with Gasteiger partial charge in [-0.05, 0) is 6.92 Å². The van der Waals surface area contributed by atoms with Crippen LogP contribution in [0, 0.1) is 0 Å². The summed E-state index contributed by atoms with van der Waals surface area (Å²) in [5.41, 5.74) is 0. The lowest BCUT2D eigenvalue weighted by molar-refractivity contribution is -0.115. The van der Waals surface area contributed by atoms with E-state index in [1.54, 1.807) is 21.0 Å². The number of rotatable bonds is 1. The molecule has 10 heavy (non-hydrogen) atoms. The monoisotopic (exact) mass is 151 g/mol. The van der Waals surface area contributed by atoms with E-state index in [1.807, 2.05) is 0 Å². The van der Waals surface area contributed by atoms with Crippen LogP contribution in [0.1, 0.15) is 6.92 Å². The molecule has 0 saturated carbocycles. The lowest BCUT2D eigenvalue weighted by atomic mass is 10.9. The molecule has 0 heterocycles. The fraction of sp³-hybridized carbons (Fsp3) is 0.833.